The van der Waals surface area contributed by atoms with Crippen molar-refractivity contribution in [3.05, 3.63) is 0 Å². The minimum absolute atomic E-state index is 0.0173. The number of hydrogen-bond acceptors (Lipinski definition) is 1. The maximum atomic E-state index is 9.61. The van der Waals surface area contributed by atoms with E-state index in [1.54, 1.807) is 0 Å². The first-order valence-electron chi connectivity index (χ1n) is 6.27. The molecule has 0 saturated heterocycles. The molecule has 0 radical (unpaired) electrons. The zero-order valence-electron chi connectivity index (χ0n) is 10.00. The third-order valence-corrected chi connectivity index (χ3v) is 3.63. The van der Waals surface area contributed by atoms with Crippen LogP contribution in [-0.2, 0) is 0 Å². The molecule has 1 aliphatic carbocycles. The van der Waals surface area contributed by atoms with Gasteiger partial charge in [0, 0.05) is 0 Å². The molecule has 0 aromatic carbocycles. The van der Waals surface area contributed by atoms with Gasteiger partial charge in [0.15, 0.2) is 0 Å². The molecule has 14 heavy (non-hydrogen) atoms. The molecule has 1 saturated carbocycles. The van der Waals surface area contributed by atoms with Crippen LogP contribution in [-0.4, -0.2) is 11.2 Å². The molecule has 0 aliphatic heterocycles. The lowest BCUT2D eigenvalue weighted by Crippen LogP contribution is -2.26. The maximum absolute atomic E-state index is 9.61. The molecule has 84 valence electrons. The molecular weight excluding hydrogens is 172 g/mol. The smallest absolute Gasteiger partial charge is 0.0566 e. The summed E-state index contributed by atoms with van der Waals surface area (Å²) in [5.74, 6) is 2.28. The van der Waals surface area contributed by atoms with E-state index in [1.165, 1.54) is 32.1 Å². The van der Waals surface area contributed by atoms with Crippen molar-refractivity contribution in [2.45, 2.75) is 65.4 Å². The molecule has 1 nitrogen and oxygen atoms in total. The predicted molar refractivity (Wildman–Crippen MR) is 61.2 cm³/mol. The summed E-state index contributed by atoms with van der Waals surface area (Å²) in [7, 11) is 0. The Hall–Kier alpha value is -0.0400. The topological polar surface area (TPSA) is 20.2 Å². The van der Waals surface area contributed by atoms with Crippen LogP contribution in [0.3, 0.4) is 0 Å². The van der Waals surface area contributed by atoms with Gasteiger partial charge in [-0.2, -0.15) is 0 Å². The Bertz CT molecular complexity index is 153. The first-order valence-corrected chi connectivity index (χ1v) is 6.27. The summed E-state index contributed by atoms with van der Waals surface area (Å²) in [6.45, 7) is 6.79. The van der Waals surface area contributed by atoms with Gasteiger partial charge in [-0.05, 0) is 37.0 Å². The fourth-order valence-corrected chi connectivity index (χ4v) is 2.57. The number of rotatable bonds is 4. The highest BCUT2D eigenvalue weighted by Crippen LogP contribution is 2.32. The molecule has 3 atom stereocenters. The lowest BCUT2D eigenvalue weighted by molar-refractivity contribution is 0.0546. The van der Waals surface area contributed by atoms with Crippen LogP contribution in [0.15, 0.2) is 0 Å². The van der Waals surface area contributed by atoms with Gasteiger partial charge in [0.2, 0.25) is 0 Å². The highest BCUT2D eigenvalue weighted by molar-refractivity contribution is 4.77. The highest BCUT2D eigenvalue weighted by atomic mass is 16.3. The van der Waals surface area contributed by atoms with E-state index in [0.717, 1.165) is 18.3 Å². The second-order valence-corrected chi connectivity index (χ2v) is 5.55. The Labute approximate surface area is 88.9 Å². The van der Waals surface area contributed by atoms with Crippen LogP contribution in [0.4, 0.5) is 0 Å². The van der Waals surface area contributed by atoms with Crippen LogP contribution in [0.25, 0.3) is 0 Å². The minimum atomic E-state index is -0.0173. The molecule has 0 spiro atoms. The Kier molecular flexibility index (Phi) is 4.94. The van der Waals surface area contributed by atoms with Crippen molar-refractivity contribution >= 4 is 0 Å². The van der Waals surface area contributed by atoms with Gasteiger partial charge in [0.1, 0.15) is 0 Å². The first-order chi connectivity index (χ1) is 6.59. The van der Waals surface area contributed by atoms with Crippen LogP contribution in [0, 0.1) is 17.8 Å². The maximum Gasteiger partial charge on any atom is 0.0566 e. The standard InChI is InChI=1S/C13H26O/c1-10(2)5-4-6-12-7-8-13(14)11(3)9-12/h10-14H,4-9H2,1-3H3. The van der Waals surface area contributed by atoms with E-state index in [-0.39, 0.29) is 6.10 Å². The molecule has 1 fully saturated rings. The summed E-state index contributed by atoms with van der Waals surface area (Å²) >= 11 is 0. The van der Waals surface area contributed by atoms with E-state index in [0.29, 0.717) is 5.92 Å². The van der Waals surface area contributed by atoms with Gasteiger partial charge in [-0.15, -0.1) is 0 Å². The van der Waals surface area contributed by atoms with Crippen molar-refractivity contribution in [2.75, 3.05) is 0 Å². The SMILES string of the molecule is CC(C)CCCC1CCC(O)C(C)C1. The lowest BCUT2D eigenvalue weighted by Gasteiger charge is -2.31. The van der Waals surface area contributed by atoms with Crippen molar-refractivity contribution in [3.8, 4) is 0 Å². The zero-order valence-corrected chi connectivity index (χ0v) is 10.00. The second kappa shape index (κ2) is 5.75. The van der Waals surface area contributed by atoms with E-state index >= 15 is 0 Å². The molecule has 1 rings (SSSR count). The molecule has 0 heterocycles. The minimum Gasteiger partial charge on any atom is -0.393 e. The highest BCUT2D eigenvalue weighted by Gasteiger charge is 2.25. The summed E-state index contributed by atoms with van der Waals surface area (Å²) in [6.07, 6.45) is 7.65. The summed E-state index contributed by atoms with van der Waals surface area (Å²) in [6, 6.07) is 0. The zero-order chi connectivity index (χ0) is 10.6. The monoisotopic (exact) mass is 198 g/mol. The Morgan fingerprint density at radius 3 is 2.57 bits per heavy atom. The van der Waals surface area contributed by atoms with Gasteiger partial charge in [0.05, 0.1) is 6.10 Å². The Balaban J connectivity index is 2.13. The third kappa shape index (κ3) is 4.00. The largest absolute Gasteiger partial charge is 0.393 e. The van der Waals surface area contributed by atoms with E-state index in [1.807, 2.05) is 0 Å². The Morgan fingerprint density at radius 1 is 1.29 bits per heavy atom. The average molecular weight is 198 g/mol. The van der Waals surface area contributed by atoms with E-state index in [4.69, 9.17) is 0 Å². The van der Waals surface area contributed by atoms with Crippen LogP contribution >= 0.6 is 0 Å². The van der Waals surface area contributed by atoms with Gasteiger partial charge in [-0.25, -0.2) is 0 Å². The molecule has 0 aromatic heterocycles. The number of aliphatic hydroxyl groups is 1. The molecule has 0 aromatic rings. The second-order valence-electron chi connectivity index (χ2n) is 5.55. The predicted octanol–water partition coefficient (Wildman–Crippen LogP) is 3.61. The first kappa shape index (κ1) is 12.0. The van der Waals surface area contributed by atoms with Gasteiger partial charge >= 0.3 is 0 Å². The fraction of sp³-hybridized carbons (Fsp3) is 1.00. The molecule has 1 N–H and O–H groups in total. The molecule has 3 unspecified atom stereocenters. The number of hydrogen-bond donors (Lipinski definition) is 1. The molecule has 0 bridgehead atoms. The van der Waals surface area contributed by atoms with Gasteiger partial charge < -0.3 is 5.11 Å². The Morgan fingerprint density at radius 2 is 2.00 bits per heavy atom. The van der Waals surface area contributed by atoms with Crippen molar-refractivity contribution in [1.29, 1.82) is 0 Å². The van der Waals surface area contributed by atoms with Crippen LogP contribution in [0.5, 0.6) is 0 Å². The number of aliphatic hydroxyl groups excluding tert-OH is 1. The van der Waals surface area contributed by atoms with Crippen LogP contribution < -0.4 is 0 Å². The third-order valence-electron chi connectivity index (χ3n) is 3.63. The molecular formula is C13H26O. The van der Waals surface area contributed by atoms with Crippen LogP contribution in [0.2, 0.25) is 0 Å². The molecule has 0 amide bonds. The van der Waals surface area contributed by atoms with Crippen molar-refractivity contribution < 1.29 is 5.11 Å². The summed E-state index contributed by atoms with van der Waals surface area (Å²) in [5.41, 5.74) is 0. The van der Waals surface area contributed by atoms with Gasteiger partial charge in [-0.3, -0.25) is 0 Å². The van der Waals surface area contributed by atoms with Crippen molar-refractivity contribution in [2.24, 2.45) is 17.8 Å². The lowest BCUT2D eigenvalue weighted by atomic mass is 9.78. The summed E-state index contributed by atoms with van der Waals surface area (Å²) in [5, 5.41) is 9.61. The fourth-order valence-electron chi connectivity index (χ4n) is 2.57. The molecule has 1 aliphatic rings. The quantitative estimate of drug-likeness (QED) is 0.731. The molecule has 1 heteroatoms. The normalized spacial score (nSPS) is 33.6. The van der Waals surface area contributed by atoms with E-state index in [2.05, 4.69) is 20.8 Å². The van der Waals surface area contributed by atoms with Gasteiger partial charge in [-0.1, -0.05) is 40.0 Å². The van der Waals surface area contributed by atoms with Crippen molar-refractivity contribution in [3.63, 3.8) is 0 Å². The van der Waals surface area contributed by atoms with Gasteiger partial charge in [0.25, 0.3) is 0 Å². The van der Waals surface area contributed by atoms with E-state index < -0.39 is 0 Å². The van der Waals surface area contributed by atoms with E-state index in [9.17, 15) is 5.11 Å². The average Bonchev–Trinajstić information content (AvgIpc) is 2.10. The summed E-state index contributed by atoms with van der Waals surface area (Å²) in [4.78, 5) is 0. The van der Waals surface area contributed by atoms with Crippen LogP contribution in [0.1, 0.15) is 59.3 Å². The summed E-state index contributed by atoms with van der Waals surface area (Å²) < 4.78 is 0. The van der Waals surface area contributed by atoms with Crippen molar-refractivity contribution in [1.82, 2.24) is 0 Å².